The van der Waals surface area contributed by atoms with Crippen LogP contribution in [-0.2, 0) is 9.47 Å². The van der Waals surface area contributed by atoms with Crippen molar-refractivity contribution in [2.75, 3.05) is 20.8 Å². The number of hydrogen-bond acceptors (Lipinski definition) is 3. The average Bonchev–Trinajstić information content (AvgIpc) is 2.37. The number of nitrogens with zero attached hydrogens (tertiary/aromatic N) is 1. The van der Waals surface area contributed by atoms with Crippen LogP contribution >= 0.6 is 0 Å². The zero-order valence-corrected chi connectivity index (χ0v) is 12.9. The first-order valence-corrected chi connectivity index (χ1v) is 6.76. The molecule has 0 aromatic heterocycles. The van der Waals surface area contributed by atoms with Crippen molar-refractivity contribution in [3.8, 4) is 0 Å². The van der Waals surface area contributed by atoms with Gasteiger partial charge in [0.15, 0.2) is 0 Å². The second-order valence-electron chi connectivity index (χ2n) is 4.97. The van der Waals surface area contributed by atoms with Gasteiger partial charge in [0.2, 0.25) is 0 Å². The molecule has 1 unspecified atom stereocenters. The maximum Gasteiger partial charge on any atom is 0.145 e. The molecule has 0 saturated carbocycles. The summed E-state index contributed by atoms with van der Waals surface area (Å²) in [5.41, 5.74) is 3.39. The molecule has 1 aliphatic rings. The molecule has 0 fully saturated rings. The smallest absolute Gasteiger partial charge is 0.145 e. The molecule has 3 nitrogen and oxygen atoms in total. The minimum absolute atomic E-state index is 0.0140. The number of methoxy groups -OCH3 is 1. The Balaban J connectivity index is 3.05. The second-order valence-corrected chi connectivity index (χ2v) is 4.97. The molecule has 0 aliphatic heterocycles. The summed E-state index contributed by atoms with van der Waals surface area (Å²) in [6, 6.07) is 0. The van der Waals surface area contributed by atoms with Gasteiger partial charge in [-0.1, -0.05) is 26.0 Å². The number of allylic oxidation sites excluding steroid dienone is 5. The van der Waals surface area contributed by atoms with Gasteiger partial charge in [-0.25, -0.2) is 0 Å². The van der Waals surface area contributed by atoms with Crippen molar-refractivity contribution in [1.82, 2.24) is 0 Å². The van der Waals surface area contributed by atoms with Gasteiger partial charge in [0.1, 0.15) is 17.6 Å². The monoisotopic (exact) mass is 263 g/mol. The molecular formula is C16H25NO2. The molecule has 0 bridgehead atoms. The fourth-order valence-electron chi connectivity index (χ4n) is 2.22. The summed E-state index contributed by atoms with van der Waals surface area (Å²) in [5.74, 6) is 1.29. The molecule has 19 heavy (non-hydrogen) atoms. The third-order valence-corrected chi connectivity index (χ3v) is 3.08. The third kappa shape index (κ3) is 3.80. The molecule has 1 atom stereocenters. The maximum absolute atomic E-state index is 5.92. The largest absolute Gasteiger partial charge is 0.486 e. The molecule has 1 rings (SSSR count). The first kappa shape index (κ1) is 15.7. The van der Waals surface area contributed by atoms with E-state index in [0.717, 1.165) is 11.5 Å². The van der Waals surface area contributed by atoms with E-state index in [-0.39, 0.29) is 6.10 Å². The van der Waals surface area contributed by atoms with Crippen molar-refractivity contribution < 1.29 is 9.47 Å². The molecule has 0 spiro atoms. The highest BCUT2D eigenvalue weighted by Crippen LogP contribution is 2.29. The Morgan fingerprint density at radius 1 is 1.26 bits per heavy atom. The van der Waals surface area contributed by atoms with Crippen LogP contribution in [0.15, 0.2) is 40.1 Å². The van der Waals surface area contributed by atoms with Crippen LogP contribution in [0.4, 0.5) is 0 Å². The van der Waals surface area contributed by atoms with Gasteiger partial charge in [0.25, 0.3) is 0 Å². The highest BCUT2D eigenvalue weighted by atomic mass is 16.5. The summed E-state index contributed by atoms with van der Waals surface area (Å²) in [7, 11) is 3.48. The van der Waals surface area contributed by atoms with Gasteiger partial charge in [0.05, 0.1) is 6.61 Å². The van der Waals surface area contributed by atoms with Crippen LogP contribution in [0.1, 0.15) is 27.7 Å². The molecule has 0 N–H and O–H groups in total. The van der Waals surface area contributed by atoms with Gasteiger partial charge in [-0.3, -0.25) is 4.99 Å². The van der Waals surface area contributed by atoms with E-state index in [1.54, 1.807) is 14.2 Å². The van der Waals surface area contributed by atoms with Crippen LogP contribution in [-0.4, -0.2) is 32.6 Å². The van der Waals surface area contributed by atoms with Crippen molar-refractivity contribution in [2.24, 2.45) is 10.9 Å². The van der Waals surface area contributed by atoms with Gasteiger partial charge < -0.3 is 9.47 Å². The van der Waals surface area contributed by atoms with Gasteiger partial charge in [-0.05, 0) is 31.4 Å². The normalized spacial score (nSPS) is 21.6. The van der Waals surface area contributed by atoms with Crippen LogP contribution in [0.5, 0.6) is 0 Å². The third-order valence-electron chi connectivity index (χ3n) is 3.08. The number of rotatable bonds is 5. The van der Waals surface area contributed by atoms with Gasteiger partial charge >= 0.3 is 0 Å². The topological polar surface area (TPSA) is 30.8 Å². The maximum atomic E-state index is 5.92. The summed E-state index contributed by atoms with van der Waals surface area (Å²) in [6.07, 6.45) is 6.26. The van der Waals surface area contributed by atoms with Crippen molar-refractivity contribution >= 4 is 5.71 Å². The van der Waals surface area contributed by atoms with Gasteiger partial charge in [-0.15, -0.1) is 0 Å². The van der Waals surface area contributed by atoms with Crippen LogP contribution < -0.4 is 0 Å². The molecule has 0 heterocycles. The first-order valence-electron chi connectivity index (χ1n) is 6.76. The molecule has 0 aromatic carbocycles. The highest BCUT2D eigenvalue weighted by molar-refractivity contribution is 6.15. The zero-order valence-electron chi connectivity index (χ0n) is 12.9. The predicted molar refractivity (Wildman–Crippen MR) is 80.5 cm³/mol. The summed E-state index contributed by atoms with van der Waals surface area (Å²) in [4.78, 5) is 4.40. The van der Waals surface area contributed by atoms with Crippen molar-refractivity contribution in [2.45, 2.75) is 33.8 Å². The zero-order chi connectivity index (χ0) is 14.4. The summed E-state index contributed by atoms with van der Waals surface area (Å²) in [5, 5.41) is 0. The number of aliphatic imine (C=N–C) groups is 1. The molecule has 0 amide bonds. The SMILES string of the molecule is C/C=C1/C(C(C)C)=CC=C(OC(C)COC)/C1=N/C. The molecule has 1 aliphatic carbocycles. The fourth-order valence-corrected chi connectivity index (χ4v) is 2.22. The molecule has 106 valence electrons. The number of hydrogen-bond donors (Lipinski definition) is 0. The van der Waals surface area contributed by atoms with E-state index in [2.05, 4.69) is 31.0 Å². The Morgan fingerprint density at radius 3 is 2.42 bits per heavy atom. The Morgan fingerprint density at radius 2 is 1.95 bits per heavy atom. The Bertz CT molecular complexity index is 428. The average molecular weight is 263 g/mol. The molecule has 0 radical (unpaired) electrons. The lowest BCUT2D eigenvalue weighted by Crippen LogP contribution is -2.22. The lowest BCUT2D eigenvalue weighted by molar-refractivity contribution is 0.0558. The van der Waals surface area contributed by atoms with E-state index in [1.807, 2.05) is 19.9 Å². The van der Waals surface area contributed by atoms with Gasteiger partial charge in [0, 0.05) is 19.7 Å². The van der Waals surface area contributed by atoms with Crippen molar-refractivity contribution in [3.05, 3.63) is 35.1 Å². The second kappa shape index (κ2) is 7.29. The van der Waals surface area contributed by atoms with Crippen LogP contribution in [0.3, 0.4) is 0 Å². The fraction of sp³-hybridized carbons (Fsp3) is 0.562. The summed E-state index contributed by atoms with van der Waals surface area (Å²) < 4.78 is 11.0. The van der Waals surface area contributed by atoms with E-state index in [0.29, 0.717) is 12.5 Å². The molecule has 3 heteroatoms. The number of ether oxygens (including phenoxy) is 2. The molecule has 0 aromatic rings. The lowest BCUT2D eigenvalue weighted by Gasteiger charge is -2.25. The highest BCUT2D eigenvalue weighted by Gasteiger charge is 2.23. The van der Waals surface area contributed by atoms with E-state index in [9.17, 15) is 0 Å². The first-order chi connectivity index (χ1) is 9.04. The predicted octanol–water partition coefficient (Wildman–Crippen LogP) is 3.53. The molecule has 0 saturated heterocycles. The molecular weight excluding hydrogens is 238 g/mol. The van der Waals surface area contributed by atoms with E-state index < -0.39 is 0 Å². The minimum Gasteiger partial charge on any atom is -0.486 e. The quantitative estimate of drug-likeness (QED) is 0.759. The van der Waals surface area contributed by atoms with E-state index in [1.165, 1.54) is 11.1 Å². The summed E-state index contributed by atoms with van der Waals surface area (Å²) >= 11 is 0. The van der Waals surface area contributed by atoms with Gasteiger partial charge in [-0.2, -0.15) is 0 Å². The Labute approximate surface area is 116 Å². The van der Waals surface area contributed by atoms with Crippen molar-refractivity contribution in [3.63, 3.8) is 0 Å². The van der Waals surface area contributed by atoms with Crippen LogP contribution in [0.25, 0.3) is 0 Å². The Kier molecular flexibility index (Phi) is 6.03. The Hall–Kier alpha value is -1.35. The standard InChI is InChI=1S/C16H25NO2/c1-7-13-14(11(2)3)8-9-15(16(13)17-5)19-12(4)10-18-6/h7-9,11-12H,10H2,1-6H3/b13-7-,17-16+. The van der Waals surface area contributed by atoms with Crippen LogP contribution in [0.2, 0.25) is 0 Å². The minimum atomic E-state index is 0.0140. The summed E-state index contributed by atoms with van der Waals surface area (Å²) in [6.45, 7) is 8.98. The van der Waals surface area contributed by atoms with Crippen LogP contribution in [0, 0.1) is 5.92 Å². The van der Waals surface area contributed by atoms with E-state index >= 15 is 0 Å². The van der Waals surface area contributed by atoms with Crippen molar-refractivity contribution in [1.29, 1.82) is 0 Å². The van der Waals surface area contributed by atoms with E-state index in [4.69, 9.17) is 9.47 Å². The lowest BCUT2D eigenvalue weighted by atomic mass is 9.87.